The Bertz CT molecular complexity index is 2100. The molecule has 0 saturated carbocycles. The van der Waals surface area contributed by atoms with Gasteiger partial charge in [0.15, 0.2) is 0 Å². The third-order valence-corrected chi connectivity index (χ3v) is 8.79. The van der Waals surface area contributed by atoms with Gasteiger partial charge in [-0.05, 0) is 87.5 Å². The summed E-state index contributed by atoms with van der Waals surface area (Å²) in [4.78, 5) is 3.71. The van der Waals surface area contributed by atoms with E-state index in [1.54, 1.807) is 0 Å². The largest absolute Gasteiger partial charge is 0.355 e. The van der Waals surface area contributed by atoms with E-state index in [2.05, 4.69) is 152 Å². The van der Waals surface area contributed by atoms with Crippen LogP contribution in [0.4, 0.5) is 11.4 Å². The summed E-state index contributed by atoms with van der Waals surface area (Å²) in [6.45, 7) is 4.68. The lowest BCUT2D eigenvalue weighted by Gasteiger charge is -2.21. The Balaban J connectivity index is 1.23. The first kappa shape index (κ1) is 23.8. The van der Waals surface area contributed by atoms with Gasteiger partial charge in [0.05, 0.1) is 0 Å². The topological polar surface area (TPSA) is 27.8 Å². The van der Waals surface area contributed by atoms with Crippen molar-refractivity contribution in [3.05, 3.63) is 145 Å². The van der Waals surface area contributed by atoms with Gasteiger partial charge >= 0.3 is 0 Å². The standard InChI is InChI=1S/C39H30N2/c1-39(2)34-17-8-6-16-30(34)31-23-33-32-22-26(19-20-37(32)41-38(33)24-35(31)39)25-11-10-12-27(21-25)29-15-7-9-18-36(29)40-28-13-4-3-5-14-28/h3-24,40-41H,1-2H3. The van der Waals surface area contributed by atoms with Crippen molar-refractivity contribution >= 4 is 33.2 Å². The van der Waals surface area contributed by atoms with Gasteiger partial charge in [-0.15, -0.1) is 0 Å². The number of fused-ring (bicyclic) bond motifs is 6. The average molecular weight is 527 g/mol. The lowest BCUT2D eigenvalue weighted by molar-refractivity contribution is 0.661. The first-order valence-electron chi connectivity index (χ1n) is 14.3. The van der Waals surface area contributed by atoms with Crippen molar-refractivity contribution in [3.8, 4) is 33.4 Å². The Morgan fingerprint density at radius 1 is 0.488 bits per heavy atom. The van der Waals surface area contributed by atoms with Crippen molar-refractivity contribution in [1.29, 1.82) is 0 Å². The number of aromatic amines is 1. The summed E-state index contributed by atoms with van der Waals surface area (Å²) in [6, 6.07) is 48.2. The lowest BCUT2D eigenvalue weighted by atomic mass is 9.82. The fourth-order valence-electron chi connectivity index (χ4n) is 6.66. The van der Waals surface area contributed by atoms with Gasteiger partial charge in [-0.1, -0.05) is 98.8 Å². The summed E-state index contributed by atoms with van der Waals surface area (Å²) in [5, 5.41) is 6.14. The molecule has 0 amide bonds. The van der Waals surface area contributed by atoms with Gasteiger partial charge in [0.2, 0.25) is 0 Å². The highest BCUT2D eigenvalue weighted by Gasteiger charge is 2.35. The predicted molar refractivity (Wildman–Crippen MR) is 174 cm³/mol. The maximum absolute atomic E-state index is 3.71. The highest BCUT2D eigenvalue weighted by molar-refractivity contribution is 6.11. The molecule has 196 valence electrons. The lowest BCUT2D eigenvalue weighted by Crippen LogP contribution is -2.14. The van der Waals surface area contributed by atoms with Crippen LogP contribution in [0.25, 0.3) is 55.2 Å². The summed E-state index contributed by atoms with van der Waals surface area (Å²) in [6.07, 6.45) is 0. The maximum atomic E-state index is 3.71. The molecule has 6 aromatic carbocycles. The fraction of sp³-hybridized carbons (Fsp3) is 0.0769. The van der Waals surface area contributed by atoms with Crippen molar-refractivity contribution in [2.75, 3.05) is 5.32 Å². The van der Waals surface area contributed by atoms with Gasteiger partial charge < -0.3 is 10.3 Å². The van der Waals surface area contributed by atoms with Crippen LogP contribution in [-0.4, -0.2) is 4.98 Å². The molecule has 1 aliphatic carbocycles. The van der Waals surface area contributed by atoms with Crippen LogP contribution in [0.3, 0.4) is 0 Å². The van der Waals surface area contributed by atoms with Crippen LogP contribution in [0.1, 0.15) is 25.0 Å². The van der Waals surface area contributed by atoms with Crippen molar-refractivity contribution in [2.45, 2.75) is 19.3 Å². The summed E-state index contributed by atoms with van der Waals surface area (Å²) in [7, 11) is 0. The summed E-state index contributed by atoms with van der Waals surface area (Å²) in [5.74, 6) is 0. The van der Waals surface area contributed by atoms with E-state index in [0.29, 0.717) is 0 Å². The molecule has 0 fully saturated rings. The zero-order valence-electron chi connectivity index (χ0n) is 23.2. The summed E-state index contributed by atoms with van der Waals surface area (Å²) < 4.78 is 0. The molecule has 1 heterocycles. The molecule has 8 rings (SSSR count). The van der Waals surface area contributed by atoms with Crippen LogP contribution in [0.5, 0.6) is 0 Å². The van der Waals surface area contributed by atoms with E-state index >= 15 is 0 Å². The predicted octanol–water partition coefficient (Wildman–Crippen LogP) is 10.7. The number of benzene rings is 6. The van der Waals surface area contributed by atoms with Gasteiger partial charge in [0.25, 0.3) is 0 Å². The fourth-order valence-corrected chi connectivity index (χ4v) is 6.66. The van der Waals surface area contributed by atoms with E-state index < -0.39 is 0 Å². The first-order valence-corrected chi connectivity index (χ1v) is 14.3. The normalized spacial score (nSPS) is 13.3. The Labute approximate surface area is 240 Å². The molecule has 0 radical (unpaired) electrons. The van der Waals surface area contributed by atoms with E-state index in [-0.39, 0.29) is 5.41 Å². The number of para-hydroxylation sites is 2. The highest BCUT2D eigenvalue weighted by Crippen LogP contribution is 2.50. The molecule has 7 aromatic rings. The minimum Gasteiger partial charge on any atom is -0.355 e. The molecule has 0 saturated heterocycles. The van der Waals surface area contributed by atoms with E-state index in [9.17, 15) is 0 Å². The Morgan fingerprint density at radius 3 is 2.07 bits per heavy atom. The molecule has 41 heavy (non-hydrogen) atoms. The molecule has 2 N–H and O–H groups in total. The zero-order chi connectivity index (χ0) is 27.6. The highest BCUT2D eigenvalue weighted by atomic mass is 14.9. The van der Waals surface area contributed by atoms with Crippen LogP contribution >= 0.6 is 0 Å². The van der Waals surface area contributed by atoms with E-state index in [1.165, 1.54) is 66.3 Å². The second-order valence-electron chi connectivity index (χ2n) is 11.6. The minimum atomic E-state index is -0.00529. The number of aromatic nitrogens is 1. The molecule has 0 spiro atoms. The number of rotatable bonds is 4. The van der Waals surface area contributed by atoms with E-state index in [1.807, 2.05) is 6.07 Å². The molecule has 2 nitrogen and oxygen atoms in total. The van der Waals surface area contributed by atoms with E-state index in [0.717, 1.165) is 11.4 Å². The first-order chi connectivity index (χ1) is 20.1. The summed E-state index contributed by atoms with van der Waals surface area (Å²) >= 11 is 0. The summed E-state index contributed by atoms with van der Waals surface area (Å²) in [5.41, 5.74) is 14.9. The molecular weight excluding hydrogens is 496 g/mol. The number of anilines is 2. The van der Waals surface area contributed by atoms with Crippen LogP contribution < -0.4 is 5.32 Å². The Kier molecular flexibility index (Phi) is 5.20. The van der Waals surface area contributed by atoms with Crippen molar-refractivity contribution < 1.29 is 0 Å². The minimum absolute atomic E-state index is 0.00529. The molecule has 1 aromatic heterocycles. The maximum Gasteiger partial charge on any atom is 0.0468 e. The Hall–Kier alpha value is -5.08. The van der Waals surface area contributed by atoms with Crippen LogP contribution in [0.15, 0.2) is 133 Å². The quantitative estimate of drug-likeness (QED) is 0.234. The number of hydrogen-bond donors (Lipinski definition) is 2. The molecular formula is C39H30N2. The molecule has 0 atom stereocenters. The van der Waals surface area contributed by atoms with Crippen LogP contribution in [0.2, 0.25) is 0 Å². The van der Waals surface area contributed by atoms with Crippen LogP contribution in [-0.2, 0) is 5.41 Å². The van der Waals surface area contributed by atoms with Gasteiger partial charge in [-0.3, -0.25) is 0 Å². The van der Waals surface area contributed by atoms with Gasteiger partial charge in [-0.2, -0.15) is 0 Å². The SMILES string of the molecule is CC1(C)c2ccccc2-c2cc3c(cc21)[nH]c1ccc(-c2cccc(-c4ccccc4Nc4ccccc4)c2)cc13. The van der Waals surface area contributed by atoms with Crippen molar-refractivity contribution in [1.82, 2.24) is 4.98 Å². The molecule has 0 aliphatic heterocycles. The number of nitrogens with one attached hydrogen (secondary N) is 2. The third-order valence-electron chi connectivity index (χ3n) is 8.79. The molecule has 1 aliphatic rings. The van der Waals surface area contributed by atoms with E-state index in [4.69, 9.17) is 0 Å². The second kappa shape index (κ2) is 8.97. The van der Waals surface area contributed by atoms with Crippen molar-refractivity contribution in [3.63, 3.8) is 0 Å². The molecule has 0 bridgehead atoms. The van der Waals surface area contributed by atoms with Crippen molar-refractivity contribution in [2.24, 2.45) is 0 Å². The third kappa shape index (κ3) is 3.79. The van der Waals surface area contributed by atoms with Crippen LogP contribution in [0, 0.1) is 0 Å². The van der Waals surface area contributed by atoms with Gasteiger partial charge in [-0.25, -0.2) is 0 Å². The smallest absolute Gasteiger partial charge is 0.0468 e. The Morgan fingerprint density at radius 2 is 1.20 bits per heavy atom. The number of hydrogen-bond acceptors (Lipinski definition) is 1. The van der Waals surface area contributed by atoms with Gasteiger partial charge in [0.1, 0.15) is 0 Å². The van der Waals surface area contributed by atoms with Gasteiger partial charge in [0, 0.05) is 44.2 Å². The zero-order valence-corrected chi connectivity index (χ0v) is 23.2. The monoisotopic (exact) mass is 526 g/mol. The molecule has 0 unspecified atom stereocenters. The average Bonchev–Trinajstić information content (AvgIpc) is 3.48. The molecule has 2 heteroatoms. The second-order valence-corrected chi connectivity index (χ2v) is 11.6. The number of H-pyrrole nitrogens is 1.